The molecule has 164 valence electrons. The van der Waals surface area contributed by atoms with E-state index in [0.29, 0.717) is 18.3 Å². The number of hydrogen-bond acceptors (Lipinski definition) is 4. The van der Waals surface area contributed by atoms with Gasteiger partial charge in [-0.3, -0.25) is 9.36 Å². The summed E-state index contributed by atoms with van der Waals surface area (Å²) in [6.45, 7) is 1.53. The van der Waals surface area contributed by atoms with Crippen molar-refractivity contribution in [2.45, 2.75) is 26.1 Å². The average Bonchev–Trinajstić information content (AvgIpc) is 3.57. The van der Waals surface area contributed by atoms with E-state index in [1.54, 1.807) is 29.0 Å². The molecule has 0 N–H and O–H groups in total. The Bertz CT molecular complexity index is 1310. The molecule has 2 aromatic heterocycles. The molecule has 0 bridgehead atoms. The fourth-order valence-electron chi connectivity index (χ4n) is 3.62. The standard InChI is InChI=1S/C25H24FN3O3/c1-28-23-12-20(8-9-22(23)27-24(28)16-31-14-17-2-3-17)29-11-10-21(13-25(29)30)32-15-18-4-6-19(26)7-5-18/h4-13,17H,2-3,14-16H2,1H3. The number of aryl methyl sites for hydroxylation is 1. The molecule has 32 heavy (non-hydrogen) atoms. The Hall–Kier alpha value is -3.45. The Morgan fingerprint density at radius 3 is 2.62 bits per heavy atom. The number of aromatic nitrogens is 3. The number of halogens is 1. The molecular weight excluding hydrogens is 409 g/mol. The third-order valence-corrected chi connectivity index (χ3v) is 5.73. The molecule has 0 unspecified atom stereocenters. The maximum atomic E-state index is 13.0. The van der Waals surface area contributed by atoms with Crippen molar-refractivity contribution >= 4 is 11.0 Å². The molecule has 0 saturated heterocycles. The van der Waals surface area contributed by atoms with Crippen LogP contribution in [0.4, 0.5) is 4.39 Å². The van der Waals surface area contributed by atoms with Crippen LogP contribution in [0.5, 0.6) is 5.75 Å². The summed E-state index contributed by atoms with van der Waals surface area (Å²) in [5.41, 5.74) is 3.19. The smallest absolute Gasteiger partial charge is 0.258 e. The van der Waals surface area contributed by atoms with Crippen LogP contribution in [0.15, 0.2) is 65.6 Å². The van der Waals surface area contributed by atoms with E-state index in [2.05, 4.69) is 4.98 Å². The van der Waals surface area contributed by atoms with E-state index in [9.17, 15) is 9.18 Å². The number of imidazole rings is 1. The van der Waals surface area contributed by atoms with Gasteiger partial charge < -0.3 is 14.0 Å². The molecule has 0 amide bonds. The van der Waals surface area contributed by atoms with Gasteiger partial charge >= 0.3 is 0 Å². The second-order valence-corrected chi connectivity index (χ2v) is 8.20. The van der Waals surface area contributed by atoms with Crippen LogP contribution in [0.25, 0.3) is 16.7 Å². The molecule has 7 heteroatoms. The third kappa shape index (κ3) is 4.43. The number of hydrogen-bond donors (Lipinski definition) is 0. The Morgan fingerprint density at radius 2 is 1.88 bits per heavy atom. The van der Waals surface area contributed by atoms with Crippen molar-refractivity contribution in [2.75, 3.05) is 6.61 Å². The predicted octanol–water partition coefficient (Wildman–Crippen LogP) is 4.37. The number of pyridine rings is 1. The molecule has 1 aliphatic carbocycles. The number of rotatable bonds is 8. The molecule has 1 fully saturated rings. The molecule has 2 aromatic carbocycles. The second kappa shape index (κ2) is 8.59. The summed E-state index contributed by atoms with van der Waals surface area (Å²) in [6, 6.07) is 15.0. The van der Waals surface area contributed by atoms with Gasteiger partial charge in [0, 0.05) is 25.9 Å². The Morgan fingerprint density at radius 1 is 1.06 bits per heavy atom. The zero-order valence-corrected chi connectivity index (χ0v) is 17.8. The van der Waals surface area contributed by atoms with Crippen LogP contribution < -0.4 is 10.3 Å². The summed E-state index contributed by atoms with van der Waals surface area (Å²) in [5, 5.41) is 0. The molecule has 4 aromatic rings. The van der Waals surface area contributed by atoms with Crippen molar-refractivity contribution in [1.29, 1.82) is 0 Å². The largest absolute Gasteiger partial charge is 0.489 e. The van der Waals surface area contributed by atoms with Crippen LogP contribution in [0.2, 0.25) is 0 Å². The van der Waals surface area contributed by atoms with Crippen molar-refractivity contribution in [1.82, 2.24) is 14.1 Å². The van der Waals surface area contributed by atoms with E-state index in [0.717, 1.165) is 34.7 Å². The van der Waals surface area contributed by atoms with Crippen LogP contribution in [-0.2, 0) is 25.0 Å². The predicted molar refractivity (Wildman–Crippen MR) is 119 cm³/mol. The molecule has 0 atom stereocenters. The zero-order chi connectivity index (χ0) is 22.1. The number of fused-ring (bicyclic) bond motifs is 1. The lowest BCUT2D eigenvalue weighted by Crippen LogP contribution is -2.16. The molecule has 5 rings (SSSR count). The first kappa shape index (κ1) is 20.5. The van der Waals surface area contributed by atoms with Crippen molar-refractivity contribution in [2.24, 2.45) is 13.0 Å². The van der Waals surface area contributed by atoms with Gasteiger partial charge in [-0.05, 0) is 60.7 Å². The van der Waals surface area contributed by atoms with Gasteiger partial charge in [0.2, 0.25) is 0 Å². The van der Waals surface area contributed by atoms with Gasteiger partial charge in [0.1, 0.15) is 30.6 Å². The fourth-order valence-corrected chi connectivity index (χ4v) is 3.62. The minimum atomic E-state index is -0.292. The minimum absolute atomic E-state index is 0.198. The number of nitrogens with zero attached hydrogens (tertiary/aromatic N) is 3. The lowest BCUT2D eigenvalue weighted by molar-refractivity contribution is 0.104. The van der Waals surface area contributed by atoms with Crippen LogP contribution in [0, 0.1) is 11.7 Å². The molecule has 0 aliphatic heterocycles. The highest BCUT2D eigenvalue weighted by atomic mass is 19.1. The monoisotopic (exact) mass is 433 g/mol. The summed E-state index contributed by atoms with van der Waals surface area (Å²) < 4.78 is 28.1. The Balaban J connectivity index is 1.32. The van der Waals surface area contributed by atoms with Crippen LogP contribution in [0.3, 0.4) is 0 Å². The first-order valence-corrected chi connectivity index (χ1v) is 10.7. The third-order valence-electron chi connectivity index (χ3n) is 5.73. The summed E-state index contributed by atoms with van der Waals surface area (Å²) in [4.78, 5) is 17.4. The van der Waals surface area contributed by atoms with E-state index < -0.39 is 0 Å². The summed E-state index contributed by atoms with van der Waals surface area (Å²) in [7, 11) is 1.96. The zero-order valence-electron chi connectivity index (χ0n) is 17.8. The lowest BCUT2D eigenvalue weighted by Gasteiger charge is -2.10. The summed E-state index contributed by atoms with van der Waals surface area (Å²) in [5.74, 6) is 1.76. The van der Waals surface area contributed by atoms with E-state index in [4.69, 9.17) is 9.47 Å². The van der Waals surface area contributed by atoms with Gasteiger partial charge in [0.05, 0.1) is 16.7 Å². The van der Waals surface area contributed by atoms with Gasteiger partial charge in [0.15, 0.2) is 0 Å². The average molecular weight is 433 g/mol. The first-order valence-electron chi connectivity index (χ1n) is 10.7. The van der Waals surface area contributed by atoms with Gasteiger partial charge in [-0.2, -0.15) is 0 Å². The van der Waals surface area contributed by atoms with Gasteiger partial charge in [-0.15, -0.1) is 0 Å². The van der Waals surface area contributed by atoms with Gasteiger partial charge in [-0.25, -0.2) is 9.37 Å². The maximum Gasteiger partial charge on any atom is 0.258 e. The second-order valence-electron chi connectivity index (χ2n) is 8.20. The molecule has 2 heterocycles. The van der Waals surface area contributed by atoms with Crippen molar-refractivity contribution in [3.8, 4) is 11.4 Å². The van der Waals surface area contributed by atoms with E-state index in [1.807, 2.05) is 29.8 Å². The van der Waals surface area contributed by atoms with E-state index in [-0.39, 0.29) is 18.0 Å². The van der Waals surface area contributed by atoms with Crippen LogP contribution in [-0.4, -0.2) is 20.7 Å². The lowest BCUT2D eigenvalue weighted by atomic mass is 10.2. The van der Waals surface area contributed by atoms with Crippen molar-refractivity contribution in [3.05, 3.63) is 88.4 Å². The molecule has 0 spiro atoms. The molecule has 6 nitrogen and oxygen atoms in total. The van der Waals surface area contributed by atoms with Gasteiger partial charge in [-0.1, -0.05) is 12.1 Å². The van der Waals surface area contributed by atoms with Crippen molar-refractivity contribution in [3.63, 3.8) is 0 Å². The highest BCUT2D eigenvalue weighted by Gasteiger charge is 2.21. The molecule has 0 radical (unpaired) electrons. The van der Waals surface area contributed by atoms with E-state index >= 15 is 0 Å². The fraction of sp³-hybridized carbons (Fsp3) is 0.280. The Labute approximate surface area is 184 Å². The highest BCUT2D eigenvalue weighted by molar-refractivity contribution is 5.78. The Kier molecular flexibility index (Phi) is 5.49. The quantitative estimate of drug-likeness (QED) is 0.414. The topological polar surface area (TPSA) is 58.3 Å². The summed E-state index contributed by atoms with van der Waals surface area (Å²) >= 11 is 0. The van der Waals surface area contributed by atoms with Crippen LogP contribution in [0.1, 0.15) is 24.2 Å². The maximum absolute atomic E-state index is 13.0. The first-order chi connectivity index (χ1) is 15.6. The SMILES string of the molecule is Cn1c(COCC2CC2)nc2ccc(-n3ccc(OCc4ccc(F)cc4)cc3=O)cc21. The summed E-state index contributed by atoms with van der Waals surface area (Å²) in [6.07, 6.45) is 4.22. The van der Waals surface area contributed by atoms with Crippen molar-refractivity contribution < 1.29 is 13.9 Å². The number of benzene rings is 2. The number of ether oxygens (including phenoxy) is 2. The highest BCUT2D eigenvalue weighted by Crippen LogP contribution is 2.29. The normalized spacial score (nSPS) is 13.6. The molecule has 1 aliphatic rings. The molecular formula is C25H24FN3O3. The molecule has 1 saturated carbocycles. The van der Waals surface area contributed by atoms with E-state index in [1.165, 1.54) is 31.0 Å². The minimum Gasteiger partial charge on any atom is -0.489 e. The van der Waals surface area contributed by atoms with Gasteiger partial charge in [0.25, 0.3) is 5.56 Å². The van der Waals surface area contributed by atoms with Crippen LogP contribution >= 0.6 is 0 Å².